The second-order valence-corrected chi connectivity index (χ2v) is 6.67. The van der Waals surface area contributed by atoms with Gasteiger partial charge in [-0.1, -0.05) is 42.9 Å². The fraction of sp³-hybridized carbons (Fsp3) is 0.385. The Labute approximate surface area is 135 Å². The molecule has 0 saturated carbocycles. The van der Waals surface area contributed by atoms with Crippen molar-refractivity contribution in [2.75, 3.05) is 6.54 Å². The normalized spacial score (nSPS) is 12.6. The van der Waals surface area contributed by atoms with E-state index in [1.54, 1.807) is 11.3 Å². The average Bonchev–Trinajstić information content (AvgIpc) is 2.88. The van der Waals surface area contributed by atoms with Gasteiger partial charge in [0.15, 0.2) is 0 Å². The van der Waals surface area contributed by atoms with Crippen LogP contribution in [0.5, 0.6) is 0 Å². The van der Waals surface area contributed by atoms with Gasteiger partial charge in [0.05, 0.1) is 11.1 Å². The van der Waals surface area contributed by atoms with Gasteiger partial charge in [0.25, 0.3) is 0 Å². The molecule has 0 amide bonds. The van der Waals surface area contributed by atoms with Crippen molar-refractivity contribution >= 4 is 45.5 Å². The minimum Gasteiger partial charge on any atom is -0.308 e. The predicted molar refractivity (Wildman–Crippen MR) is 89.8 cm³/mol. The van der Waals surface area contributed by atoms with Gasteiger partial charge in [-0.2, -0.15) is 0 Å². The van der Waals surface area contributed by atoms with E-state index in [4.69, 9.17) is 11.6 Å². The van der Waals surface area contributed by atoms with Crippen LogP contribution in [-0.2, 0) is 0 Å². The lowest BCUT2D eigenvalue weighted by Gasteiger charge is -2.10. The van der Waals surface area contributed by atoms with Crippen molar-refractivity contribution in [3.05, 3.63) is 31.8 Å². The van der Waals surface area contributed by atoms with Crippen molar-refractivity contribution in [3.8, 4) is 10.6 Å². The van der Waals surface area contributed by atoms with Gasteiger partial charge in [0.1, 0.15) is 10.0 Å². The van der Waals surface area contributed by atoms with E-state index < -0.39 is 0 Å². The maximum atomic E-state index is 6.15. The lowest BCUT2D eigenvalue weighted by Crippen LogP contribution is -2.19. The predicted octanol–water partition coefficient (Wildman–Crippen LogP) is 4.52. The quantitative estimate of drug-likeness (QED) is 0.740. The van der Waals surface area contributed by atoms with Crippen LogP contribution in [-0.4, -0.2) is 16.7 Å². The smallest absolute Gasteiger partial charge is 0.147 e. The number of halogens is 2. The molecule has 2 rings (SSSR count). The van der Waals surface area contributed by atoms with Gasteiger partial charge in [0.2, 0.25) is 0 Å². The van der Waals surface area contributed by atoms with Crippen LogP contribution in [0.2, 0.25) is 5.02 Å². The Morgan fingerprint density at radius 3 is 2.79 bits per heavy atom. The third kappa shape index (κ3) is 3.65. The second kappa shape index (κ2) is 6.97. The van der Waals surface area contributed by atoms with Crippen molar-refractivity contribution in [2.45, 2.75) is 26.3 Å². The van der Waals surface area contributed by atoms with Crippen LogP contribution in [0.1, 0.15) is 31.3 Å². The zero-order valence-electron chi connectivity index (χ0n) is 10.8. The maximum absolute atomic E-state index is 6.15. The molecule has 0 aliphatic carbocycles. The summed E-state index contributed by atoms with van der Waals surface area (Å²) in [6.07, 6.45) is 1.01. The van der Waals surface area contributed by atoms with Gasteiger partial charge >= 0.3 is 0 Å². The highest BCUT2D eigenvalue weighted by atomic mass is 127. The lowest BCUT2D eigenvalue weighted by molar-refractivity contribution is 0.531. The van der Waals surface area contributed by atoms with E-state index in [-0.39, 0.29) is 6.04 Å². The van der Waals surface area contributed by atoms with Gasteiger partial charge < -0.3 is 5.32 Å². The molecule has 6 heteroatoms. The summed E-state index contributed by atoms with van der Waals surface area (Å²) in [6, 6.07) is 6.27. The summed E-state index contributed by atoms with van der Waals surface area (Å²) in [5.74, 6) is 0. The Morgan fingerprint density at radius 2 is 2.16 bits per heavy atom. The number of hydrogen-bond donors (Lipinski definition) is 1. The third-order valence-electron chi connectivity index (χ3n) is 2.76. The average molecular weight is 408 g/mol. The Bertz CT molecular complexity index is 559. The van der Waals surface area contributed by atoms with E-state index in [1.807, 2.05) is 18.2 Å². The first-order valence-corrected chi connectivity index (χ1v) is 8.45. The summed E-state index contributed by atoms with van der Waals surface area (Å²) in [7, 11) is 0. The maximum Gasteiger partial charge on any atom is 0.147 e. The van der Waals surface area contributed by atoms with E-state index >= 15 is 0 Å². The molecule has 1 aromatic carbocycles. The lowest BCUT2D eigenvalue weighted by atomic mass is 10.2. The Kier molecular flexibility index (Phi) is 5.56. The molecule has 1 atom stereocenters. The van der Waals surface area contributed by atoms with E-state index in [9.17, 15) is 0 Å². The van der Waals surface area contributed by atoms with Gasteiger partial charge in [0, 0.05) is 9.13 Å². The fourth-order valence-electron chi connectivity index (χ4n) is 1.77. The molecule has 1 heterocycles. The molecule has 0 fully saturated rings. The summed E-state index contributed by atoms with van der Waals surface area (Å²) in [5, 5.41) is 14.7. The number of hydrogen-bond acceptors (Lipinski definition) is 4. The van der Waals surface area contributed by atoms with E-state index in [0.29, 0.717) is 0 Å². The van der Waals surface area contributed by atoms with E-state index in [1.165, 1.54) is 0 Å². The number of rotatable bonds is 5. The van der Waals surface area contributed by atoms with Crippen LogP contribution in [0.25, 0.3) is 10.6 Å². The second-order valence-electron chi connectivity index (χ2n) is 4.09. The Morgan fingerprint density at radius 1 is 1.37 bits per heavy atom. The molecule has 2 aromatic rings. The summed E-state index contributed by atoms with van der Waals surface area (Å²) in [6.45, 7) is 5.18. The minimum absolute atomic E-state index is 0.288. The largest absolute Gasteiger partial charge is 0.308 e. The van der Waals surface area contributed by atoms with Gasteiger partial charge in [-0.15, -0.1) is 10.2 Å². The topological polar surface area (TPSA) is 37.8 Å². The van der Waals surface area contributed by atoms with Gasteiger partial charge in [-0.25, -0.2) is 0 Å². The number of benzene rings is 1. The summed E-state index contributed by atoms with van der Waals surface area (Å²) < 4.78 is 1.05. The highest BCUT2D eigenvalue weighted by Crippen LogP contribution is 2.31. The van der Waals surface area contributed by atoms with Crippen LogP contribution in [0.15, 0.2) is 18.2 Å². The van der Waals surface area contributed by atoms with Crippen molar-refractivity contribution in [3.63, 3.8) is 0 Å². The van der Waals surface area contributed by atoms with Crippen molar-refractivity contribution in [2.24, 2.45) is 0 Å². The minimum atomic E-state index is 0.288. The van der Waals surface area contributed by atoms with Crippen molar-refractivity contribution < 1.29 is 0 Å². The first-order valence-electron chi connectivity index (χ1n) is 6.17. The zero-order chi connectivity index (χ0) is 13.8. The number of nitrogens with zero attached hydrogens (tertiary/aromatic N) is 2. The molecule has 0 bridgehead atoms. The standard InChI is InChI=1S/C13H15ClIN3S/c1-3-11(16-4-2)13-18-17-12(19-13)8-5-6-10(15)9(14)7-8/h5-7,11,16H,3-4H2,1-2H3. The van der Waals surface area contributed by atoms with Crippen LogP contribution in [0, 0.1) is 3.57 Å². The molecule has 1 N–H and O–H groups in total. The van der Waals surface area contributed by atoms with E-state index in [0.717, 1.165) is 37.1 Å². The van der Waals surface area contributed by atoms with Crippen LogP contribution in [0.3, 0.4) is 0 Å². The highest BCUT2D eigenvalue weighted by molar-refractivity contribution is 14.1. The number of nitrogens with one attached hydrogen (secondary N) is 1. The molecule has 0 aliphatic rings. The SMILES string of the molecule is CCNC(CC)c1nnc(-c2ccc(I)c(Cl)c2)s1. The molecule has 102 valence electrons. The van der Waals surface area contributed by atoms with Crippen LogP contribution >= 0.6 is 45.5 Å². The highest BCUT2D eigenvalue weighted by Gasteiger charge is 2.15. The third-order valence-corrected chi connectivity index (χ3v) is 5.42. The summed E-state index contributed by atoms with van der Waals surface area (Å²) in [4.78, 5) is 0. The molecule has 0 radical (unpaired) electrons. The van der Waals surface area contributed by atoms with E-state index in [2.05, 4.69) is 52.0 Å². The Balaban J connectivity index is 2.27. The number of aromatic nitrogens is 2. The molecule has 19 heavy (non-hydrogen) atoms. The molecule has 1 unspecified atom stereocenters. The summed E-state index contributed by atoms with van der Waals surface area (Å²) in [5.41, 5.74) is 1.03. The molecular formula is C13H15ClIN3S. The summed E-state index contributed by atoms with van der Waals surface area (Å²) >= 11 is 9.99. The first-order chi connectivity index (χ1) is 9.15. The molecular weight excluding hydrogens is 393 g/mol. The fourth-order valence-corrected chi connectivity index (χ4v) is 3.29. The van der Waals surface area contributed by atoms with Crippen molar-refractivity contribution in [1.82, 2.24) is 15.5 Å². The Hall–Kier alpha value is -0.240. The van der Waals surface area contributed by atoms with Gasteiger partial charge in [-0.05, 0) is 47.7 Å². The van der Waals surface area contributed by atoms with Gasteiger partial charge in [-0.3, -0.25) is 0 Å². The monoisotopic (exact) mass is 407 g/mol. The molecule has 0 aliphatic heterocycles. The van der Waals surface area contributed by atoms with Crippen molar-refractivity contribution in [1.29, 1.82) is 0 Å². The van der Waals surface area contributed by atoms with Crippen LogP contribution < -0.4 is 5.32 Å². The van der Waals surface area contributed by atoms with Crippen LogP contribution in [0.4, 0.5) is 0 Å². The molecule has 0 spiro atoms. The molecule has 3 nitrogen and oxygen atoms in total. The first kappa shape index (κ1) is 15.2. The molecule has 0 saturated heterocycles. The molecule has 1 aromatic heterocycles. The zero-order valence-corrected chi connectivity index (χ0v) is 14.5.